The molecular formula is C24H29BO2. The average molecular weight is 360 g/mol. The topological polar surface area (TPSA) is 18.5 Å². The maximum absolute atomic E-state index is 6.97. The van der Waals surface area contributed by atoms with E-state index in [0.29, 0.717) is 5.92 Å². The van der Waals surface area contributed by atoms with E-state index in [2.05, 4.69) is 82.3 Å². The smallest absolute Gasteiger partial charge is 0.401 e. The van der Waals surface area contributed by atoms with Crippen LogP contribution in [0.25, 0.3) is 0 Å². The molecule has 2 bridgehead atoms. The Morgan fingerprint density at radius 3 is 2.37 bits per heavy atom. The van der Waals surface area contributed by atoms with Crippen molar-refractivity contribution in [1.29, 1.82) is 0 Å². The fourth-order valence-electron chi connectivity index (χ4n) is 6.34. The van der Waals surface area contributed by atoms with E-state index < -0.39 is 0 Å². The third-order valence-electron chi connectivity index (χ3n) is 8.32. The lowest BCUT2D eigenvalue weighted by atomic mass is 9.61. The lowest BCUT2D eigenvalue weighted by molar-refractivity contribution is -0.0800. The van der Waals surface area contributed by atoms with Crippen LogP contribution in [0, 0.1) is 16.7 Å². The molecule has 0 amide bonds. The lowest BCUT2D eigenvalue weighted by Crippen LogP contribution is -2.50. The summed E-state index contributed by atoms with van der Waals surface area (Å²) in [5, 5.41) is 0. The van der Waals surface area contributed by atoms with Crippen molar-refractivity contribution < 1.29 is 9.31 Å². The van der Waals surface area contributed by atoms with Crippen LogP contribution < -0.4 is 5.46 Å². The van der Waals surface area contributed by atoms with Crippen molar-refractivity contribution in [3.05, 3.63) is 65.7 Å². The predicted octanol–water partition coefficient (Wildman–Crippen LogP) is 4.71. The third-order valence-corrected chi connectivity index (χ3v) is 8.32. The maximum Gasteiger partial charge on any atom is 0.494 e. The first-order chi connectivity index (χ1) is 12.9. The summed E-state index contributed by atoms with van der Waals surface area (Å²) < 4.78 is 13.7. The minimum atomic E-state index is -0.366. The molecule has 4 atom stereocenters. The van der Waals surface area contributed by atoms with E-state index >= 15 is 0 Å². The van der Waals surface area contributed by atoms with Crippen LogP contribution in [0.15, 0.2) is 54.6 Å². The number of hydrogen-bond acceptors (Lipinski definition) is 2. The second-order valence-electron chi connectivity index (χ2n) is 9.40. The summed E-state index contributed by atoms with van der Waals surface area (Å²) in [6.45, 7) is 9.47. The standard InChI is InChI=1S/C24H29BO2/c1-5-17-11-13-19(14-12-17)25-26-21-20-15-16-23(4,22(20,2)3)24(21,27-25)18-9-7-6-8-10-18/h6-14,20-21H,5,15-16H2,1-4H3. The lowest BCUT2D eigenvalue weighted by Gasteiger charge is -2.48. The molecule has 2 aromatic rings. The monoisotopic (exact) mass is 360 g/mol. The van der Waals surface area contributed by atoms with E-state index in [1.165, 1.54) is 24.0 Å². The van der Waals surface area contributed by atoms with Gasteiger partial charge in [-0.25, -0.2) is 0 Å². The molecule has 3 heteroatoms. The molecule has 140 valence electrons. The van der Waals surface area contributed by atoms with Gasteiger partial charge in [0.05, 0.1) is 6.10 Å². The quantitative estimate of drug-likeness (QED) is 0.738. The second-order valence-corrected chi connectivity index (χ2v) is 9.40. The minimum Gasteiger partial charge on any atom is -0.401 e. The molecule has 4 unspecified atom stereocenters. The van der Waals surface area contributed by atoms with Gasteiger partial charge in [0.2, 0.25) is 0 Å². The Hall–Kier alpha value is -1.58. The predicted molar refractivity (Wildman–Crippen MR) is 110 cm³/mol. The Bertz CT molecular complexity index is 846. The largest absolute Gasteiger partial charge is 0.494 e. The Kier molecular flexibility index (Phi) is 3.71. The molecule has 5 rings (SSSR count). The van der Waals surface area contributed by atoms with Crippen molar-refractivity contribution in [1.82, 2.24) is 0 Å². The molecule has 27 heavy (non-hydrogen) atoms. The zero-order valence-electron chi connectivity index (χ0n) is 16.9. The summed E-state index contributed by atoms with van der Waals surface area (Å²) in [7, 11) is -0.280. The van der Waals surface area contributed by atoms with Crippen LogP contribution in [0.1, 0.15) is 51.7 Å². The molecule has 1 aliphatic heterocycles. The molecule has 3 aliphatic rings. The van der Waals surface area contributed by atoms with Crippen LogP contribution >= 0.6 is 0 Å². The highest BCUT2D eigenvalue weighted by Crippen LogP contribution is 2.75. The summed E-state index contributed by atoms with van der Waals surface area (Å²) in [5.74, 6) is 0.530. The first kappa shape index (κ1) is 17.5. The minimum absolute atomic E-state index is 0.0643. The van der Waals surface area contributed by atoms with Crippen LogP contribution in [0.2, 0.25) is 0 Å². The summed E-state index contributed by atoms with van der Waals surface area (Å²) in [5.41, 5.74) is 3.66. The summed E-state index contributed by atoms with van der Waals surface area (Å²) in [6, 6.07) is 19.6. The zero-order valence-corrected chi connectivity index (χ0v) is 16.9. The Morgan fingerprint density at radius 1 is 1.00 bits per heavy atom. The molecule has 3 fully saturated rings. The van der Waals surface area contributed by atoms with E-state index in [9.17, 15) is 0 Å². The maximum atomic E-state index is 6.97. The van der Waals surface area contributed by atoms with Crippen LogP contribution in [0.5, 0.6) is 0 Å². The van der Waals surface area contributed by atoms with E-state index in [0.717, 1.165) is 11.9 Å². The Morgan fingerprint density at radius 2 is 1.70 bits per heavy atom. The normalized spacial score (nSPS) is 36.2. The molecule has 0 radical (unpaired) electrons. The van der Waals surface area contributed by atoms with Gasteiger partial charge >= 0.3 is 7.12 Å². The number of rotatable bonds is 3. The second kappa shape index (κ2) is 5.72. The Labute approximate surface area is 163 Å². The molecule has 0 N–H and O–H groups in total. The van der Waals surface area contributed by atoms with Crippen LogP contribution in [0.3, 0.4) is 0 Å². The number of hydrogen-bond donors (Lipinski definition) is 0. The highest BCUT2D eigenvalue weighted by Gasteiger charge is 2.78. The van der Waals surface area contributed by atoms with Crippen LogP contribution in [-0.2, 0) is 21.3 Å². The van der Waals surface area contributed by atoms with Crippen molar-refractivity contribution >= 4 is 12.6 Å². The first-order valence-electron chi connectivity index (χ1n) is 10.4. The van der Waals surface area contributed by atoms with Gasteiger partial charge in [0, 0.05) is 5.41 Å². The van der Waals surface area contributed by atoms with Gasteiger partial charge in [0.1, 0.15) is 5.60 Å². The average Bonchev–Trinajstić information content (AvgIpc) is 3.25. The van der Waals surface area contributed by atoms with Gasteiger partial charge in [0.15, 0.2) is 0 Å². The fraction of sp³-hybridized carbons (Fsp3) is 0.500. The molecule has 2 aliphatic carbocycles. The molecule has 1 heterocycles. The number of benzene rings is 2. The van der Waals surface area contributed by atoms with Gasteiger partial charge in [-0.05, 0) is 47.2 Å². The van der Waals surface area contributed by atoms with Crippen LogP contribution in [-0.4, -0.2) is 13.2 Å². The number of aryl methyl sites for hydroxylation is 1. The van der Waals surface area contributed by atoms with Crippen molar-refractivity contribution in [2.24, 2.45) is 16.7 Å². The van der Waals surface area contributed by atoms with Crippen molar-refractivity contribution in [3.8, 4) is 0 Å². The fourth-order valence-corrected chi connectivity index (χ4v) is 6.34. The third kappa shape index (κ3) is 2.05. The van der Waals surface area contributed by atoms with Crippen molar-refractivity contribution in [2.75, 3.05) is 0 Å². The summed E-state index contributed by atoms with van der Waals surface area (Å²) in [6.07, 6.45) is 3.59. The van der Waals surface area contributed by atoms with E-state index in [-0.39, 0.29) is 29.7 Å². The SMILES string of the molecule is CCc1ccc(B2OC3C4CCC(C)(C4(C)C)C3(c3ccccc3)O2)cc1. The highest BCUT2D eigenvalue weighted by molar-refractivity contribution is 6.62. The van der Waals surface area contributed by atoms with E-state index in [1.807, 2.05) is 0 Å². The molecule has 2 aromatic carbocycles. The van der Waals surface area contributed by atoms with Crippen molar-refractivity contribution in [2.45, 2.75) is 58.7 Å². The van der Waals surface area contributed by atoms with E-state index in [1.54, 1.807) is 0 Å². The van der Waals surface area contributed by atoms with Gasteiger partial charge < -0.3 is 9.31 Å². The highest BCUT2D eigenvalue weighted by atomic mass is 16.7. The summed E-state index contributed by atoms with van der Waals surface area (Å²) >= 11 is 0. The molecule has 1 saturated heterocycles. The Balaban J connectivity index is 1.62. The zero-order chi connectivity index (χ0) is 18.9. The summed E-state index contributed by atoms with van der Waals surface area (Å²) in [4.78, 5) is 0. The number of fused-ring (bicyclic) bond motifs is 5. The van der Waals surface area contributed by atoms with Gasteiger partial charge in [0.25, 0.3) is 0 Å². The molecular weight excluding hydrogens is 331 g/mol. The van der Waals surface area contributed by atoms with Crippen LogP contribution in [0.4, 0.5) is 0 Å². The van der Waals surface area contributed by atoms with E-state index in [4.69, 9.17) is 9.31 Å². The molecule has 2 saturated carbocycles. The molecule has 0 spiro atoms. The van der Waals surface area contributed by atoms with Gasteiger partial charge in [-0.1, -0.05) is 82.3 Å². The molecule has 2 nitrogen and oxygen atoms in total. The van der Waals surface area contributed by atoms with Crippen molar-refractivity contribution in [3.63, 3.8) is 0 Å². The van der Waals surface area contributed by atoms with Gasteiger partial charge in [-0.2, -0.15) is 0 Å². The molecule has 0 aromatic heterocycles. The first-order valence-corrected chi connectivity index (χ1v) is 10.4. The van der Waals surface area contributed by atoms with Gasteiger partial charge in [-0.3, -0.25) is 0 Å². The van der Waals surface area contributed by atoms with Gasteiger partial charge in [-0.15, -0.1) is 0 Å².